The Morgan fingerprint density at radius 3 is 2.38 bits per heavy atom. The Bertz CT molecular complexity index is 2350. The fraction of sp³-hybridized carbons (Fsp3) is 0.222. The van der Waals surface area contributed by atoms with Crippen LogP contribution in [0.15, 0.2) is 101 Å². The van der Waals surface area contributed by atoms with E-state index in [1.54, 1.807) is 50.5 Å². The van der Waals surface area contributed by atoms with Crippen molar-refractivity contribution in [1.82, 2.24) is 13.5 Å². The van der Waals surface area contributed by atoms with Crippen LogP contribution in [0.4, 0.5) is 4.39 Å². The molecule has 0 radical (unpaired) electrons. The van der Waals surface area contributed by atoms with E-state index < -0.39 is 32.1 Å². The number of halogens is 1. The van der Waals surface area contributed by atoms with Gasteiger partial charge in [0.15, 0.2) is 17.3 Å². The number of para-hydroxylation sites is 1. The molecule has 9 nitrogen and oxygen atoms in total. The molecule has 1 N–H and O–H groups in total. The summed E-state index contributed by atoms with van der Waals surface area (Å²) in [6, 6.07) is 14.9. The van der Waals surface area contributed by atoms with Gasteiger partial charge in [0.25, 0.3) is 11.1 Å². The first kappa shape index (κ1) is 31.8. The summed E-state index contributed by atoms with van der Waals surface area (Å²) in [5.74, 6) is -0.936. The van der Waals surface area contributed by atoms with E-state index in [1.807, 2.05) is 32.0 Å². The molecule has 1 aliphatic carbocycles. The van der Waals surface area contributed by atoms with Gasteiger partial charge in [-0.2, -0.15) is 0 Å². The summed E-state index contributed by atoms with van der Waals surface area (Å²) in [4.78, 5) is 28.5. The van der Waals surface area contributed by atoms with E-state index in [1.165, 1.54) is 49.2 Å². The van der Waals surface area contributed by atoms with Crippen molar-refractivity contribution in [2.24, 2.45) is 7.05 Å². The zero-order valence-electron chi connectivity index (χ0n) is 26.8. The van der Waals surface area contributed by atoms with E-state index in [0.29, 0.717) is 33.6 Å². The number of allylic oxidation sites excluding steroid dienone is 3. The third-order valence-electron chi connectivity index (χ3n) is 9.14. The maximum atomic E-state index is 16.2. The molecule has 5 aromatic rings. The zero-order valence-corrected chi connectivity index (χ0v) is 27.6. The number of nitrogens with one attached hydrogen (secondary N) is 1. The Hall–Kier alpha value is -5.16. The summed E-state index contributed by atoms with van der Waals surface area (Å²) in [6.07, 6.45) is 7.68. The van der Waals surface area contributed by atoms with Gasteiger partial charge in [-0.1, -0.05) is 42.5 Å². The molecule has 47 heavy (non-hydrogen) atoms. The first-order valence-corrected chi connectivity index (χ1v) is 16.4. The van der Waals surface area contributed by atoms with Gasteiger partial charge in [0, 0.05) is 47.9 Å². The van der Waals surface area contributed by atoms with Crippen LogP contribution in [-0.4, -0.2) is 33.8 Å². The van der Waals surface area contributed by atoms with Gasteiger partial charge in [-0.3, -0.25) is 9.59 Å². The molecule has 1 aliphatic rings. The SMILES string of the molecule is COc1cccc(C2C=C(c3cc(=O)n(C)cc3Oc3c(C)cccc3C)C=C(C)C2(C)S(=O)(=O)n2ccc3cc[nH]c(=O)c32)c1F. The molecule has 0 bridgehead atoms. The molecule has 0 spiro atoms. The van der Waals surface area contributed by atoms with Gasteiger partial charge >= 0.3 is 0 Å². The van der Waals surface area contributed by atoms with E-state index in [9.17, 15) is 18.0 Å². The van der Waals surface area contributed by atoms with Crippen LogP contribution in [0, 0.1) is 19.7 Å². The second kappa shape index (κ2) is 11.6. The number of pyridine rings is 2. The first-order chi connectivity index (χ1) is 22.3. The van der Waals surface area contributed by atoms with Crippen LogP contribution in [0.1, 0.15) is 42.0 Å². The lowest BCUT2D eigenvalue weighted by molar-refractivity contribution is 0.381. The molecule has 3 aromatic heterocycles. The van der Waals surface area contributed by atoms with E-state index in [4.69, 9.17) is 9.47 Å². The van der Waals surface area contributed by atoms with Crippen molar-refractivity contribution in [3.05, 3.63) is 140 Å². The summed E-state index contributed by atoms with van der Waals surface area (Å²) in [5.41, 5.74) is 2.13. The Labute approximate surface area is 271 Å². The fourth-order valence-electron chi connectivity index (χ4n) is 6.31. The summed E-state index contributed by atoms with van der Waals surface area (Å²) in [6.45, 7) is 7.01. The smallest absolute Gasteiger partial charge is 0.273 e. The lowest BCUT2D eigenvalue weighted by atomic mass is 9.75. The highest BCUT2D eigenvalue weighted by Gasteiger charge is 2.51. The molecule has 11 heteroatoms. The van der Waals surface area contributed by atoms with E-state index in [2.05, 4.69) is 4.98 Å². The number of hydrogen-bond donors (Lipinski definition) is 1. The van der Waals surface area contributed by atoms with Gasteiger partial charge in [-0.05, 0) is 68.2 Å². The highest BCUT2D eigenvalue weighted by molar-refractivity contribution is 7.91. The van der Waals surface area contributed by atoms with Crippen LogP contribution in [0.25, 0.3) is 16.5 Å². The average molecular weight is 656 g/mol. The number of benzene rings is 2. The number of nitrogens with zero attached hydrogens (tertiary/aromatic N) is 2. The molecule has 0 saturated carbocycles. The molecule has 0 fully saturated rings. The number of methoxy groups -OCH3 is 1. The third kappa shape index (κ3) is 5.01. The number of rotatable bonds is 7. The minimum Gasteiger partial charge on any atom is -0.494 e. The van der Waals surface area contributed by atoms with Gasteiger partial charge in [0.1, 0.15) is 16.0 Å². The highest BCUT2D eigenvalue weighted by atomic mass is 32.2. The number of ether oxygens (including phenoxy) is 2. The van der Waals surface area contributed by atoms with Crippen LogP contribution in [-0.2, 0) is 17.1 Å². The van der Waals surface area contributed by atoms with E-state index in [0.717, 1.165) is 15.1 Å². The van der Waals surface area contributed by atoms with Crippen LogP contribution in [0.5, 0.6) is 17.2 Å². The number of H-pyrrole nitrogens is 1. The van der Waals surface area contributed by atoms with Crippen LogP contribution >= 0.6 is 0 Å². The molecule has 0 amide bonds. The van der Waals surface area contributed by atoms with Crippen molar-refractivity contribution in [2.75, 3.05) is 7.11 Å². The lowest BCUT2D eigenvalue weighted by Gasteiger charge is -2.40. The summed E-state index contributed by atoms with van der Waals surface area (Å²) in [7, 11) is -1.52. The number of aromatic nitrogens is 3. The maximum absolute atomic E-state index is 16.2. The molecule has 6 rings (SSSR count). The van der Waals surface area contributed by atoms with Gasteiger partial charge < -0.3 is 19.0 Å². The third-order valence-corrected chi connectivity index (χ3v) is 11.6. The fourth-order valence-corrected chi connectivity index (χ4v) is 8.35. The topological polar surface area (TPSA) is 112 Å². The van der Waals surface area contributed by atoms with Gasteiger partial charge in [0.2, 0.25) is 10.0 Å². The number of hydrogen-bond acceptors (Lipinski definition) is 6. The van der Waals surface area contributed by atoms with Crippen molar-refractivity contribution < 1.29 is 22.3 Å². The second-order valence-electron chi connectivity index (χ2n) is 11.9. The first-order valence-electron chi connectivity index (χ1n) is 14.9. The zero-order chi connectivity index (χ0) is 33.8. The molecule has 2 aromatic carbocycles. The Morgan fingerprint density at radius 2 is 1.68 bits per heavy atom. The molecule has 2 atom stereocenters. The second-order valence-corrected chi connectivity index (χ2v) is 14.1. The van der Waals surface area contributed by atoms with Crippen molar-refractivity contribution >= 4 is 26.5 Å². The molecule has 242 valence electrons. The molecule has 0 aliphatic heterocycles. The minimum absolute atomic E-state index is 0.0444. The molecular weight excluding hydrogens is 621 g/mol. The summed E-state index contributed by atoms with van der Waals surface area (Å²) < 4.78 is 58.1. The Morgan fingerprint density at radius 1 is 0.979 bits per heavy atom. The van der Waals surface area contributed by atoms with Crippen molar-refractivity contribution in [2.45, 2.75) is 38.4 Å². The largest absolute Gasteiger partial charge is 0.494 e. The van der Waals surface area contributed by atoms with E-state index in [-0.39, 0.29) is 22.4 Å². The summed E-state index contributed by atoms with van der Waals surface area (Å²) in [5, 5.41) is 0.437. The van der Waals surface area contributed by atoms with Crippen LogP contribution < -0.4 is 20.6 Å². The average Bonchev–Trinajstić information content (AvgIpc) is 3.49. The lowest BCUT2D eigenvalue weighted by Crippen LogP contribution is -2.47. The van der Waals surface area contributed by atoms with Crippen LogP contribution in [0.2, 0.25) is 0 Å². The Balaban J connectivity index is 1.62. The Kier molecular flexibility index (Phi) is 7.83. The predicted molar refractivity (Wildman–Crippen MR) is 180 cm³/mol. The molecule has 0 saturated heterocycles. The predicted octanol–water partition coefficient (Wildman–Crippen LogP) is 6.35. The molecule has 3 heterocycles. The molecular formula is C36H34FN3O6S. The monoisotopic (exact) mass is 655 g/mol. The van der Waals surface area contributed by atoms with Gasteiger partial charge in [-0.15, -0.1) is 0 Å². The normalized spacial score (nSPS) is 18.1. The van der Waals surface area contributed by atoms with Crippen LogP contribution in [0.3, 0.4) is 0 Å². The van der Waals surface area contributed by atoms with Gasteiger partial charge in [0.05, 0.1) is 13.3 Å². The quantitative estimate of drug-likeness (QED) is 0.219. The van der Waals surface area contributed by atoms with E-state index >= 15 is 4.39 Å². The van der Waals surface area contributed by atoms with Crippen molar-refractivity contribution in [3.8, 4) is 17.2 Å². The van der Waals surface area contributed by atoms with Crippen molar-refractivity contribution in [1.29, 1.82) is 0 Å². The van der Waals surface area contributed by atoms with Gasteiger partial charge in [-0.25, -0.2) is 16.8 Å². The number of aromatic amines is 1. The molecule has 2 unspecified atom stereocenters. The standard InChI is InChI=1S/C36H34FN3O6S/c1-21-9-7-10-22(2)34(21)46-30-20-39(5)31(41)19-27(30)25-17-23(3)36(4,28(18-25)26-11-8-12-29(45-6)32(26)37)47(43,44)40-16-14-24-13-15-38-35(42)33(24)40/h7-20,28H,1-6H3,(H,38,42). The number of fused-ring (bicyclic) bond motifs is 1. The highest BCUT2D eigenvalue weighted by Crippen LogP contribution is 2.50. The van der Waals surface area contributed by atoms with Crippen molar-refractivity contribution in [3.63, 3.8) is 0 Å². The maximum Gasteiger partial charge on any atom is 0.273 e. The minimum atomic E-state index is -4.46. The number of aryl methyl sites for hydroxylation is 3. The summed E-state index contributed by atoms with van der Waals surface area (Å²) >= 11 is 0.